The van der Waals surface area contributed by atoms with E-state index >= 15 is 0 Å². The Labute approximate surface area is 181 Å². The van der Waals surface area contributed by atoms with Crippen LogP contribution in [0.5, 0.6) is 0 Å². The molecule has 3 rings (SSSR count). The zero-order valence-corrected chi connectivity index (χ0v) is 18.3. The van der Waals surface area contributed by atoms with Crippen LogP contribution in [0.1, 0.15) is 43.0 Å². The molecule has 1 heterocycles. The fourth-order valence-corrected chi connectivity index (χ4v) is 4.13. The van der Waals surface area contributed by atoms with Gasteiger partial charge in [-0.25, -0.2) is 4.98 Å². The van der Waals surface area contributed by atoms with Crippen LogP contribution in [0.2, 0.25) is 0 Å². The zero-order chi connectivity index (χ0) is 21.3. The van der Waals surface area contributed by atoms with Crippen LogP contribution in [0, 0.1) is 0 Å². The molecule has 30 heavy (non-hydrogen) atoms. The third-order valence-electron chi connectivity index (χ3n) is 4.82. The number of hydrogen-bond acceptors (Lipinski definition) is 4. The first kappa shape index (κ1) is 21.9. The van der Waals surface area contributed by atoms with Gasteiger partial charge in [-0.1, -0.05) is 56.1 Å². The highest BCUT2D eigenvalue weighted by molar-refractivity contribution is 7.99. The molecule has 0 saturated carbocycles. The van der Waals surface area contributed by atoms with Crippen molar-refractivity contribution < 1.29 is 9.59 Å². The molecular formula is C23H28N4O2S. The Morgan fingerprint density at radius 2 is 1.90 bits per heavy atom. The van der Waals surface area contributed by atoms with Crippen LogP contribution in [0.3, 0.4) is 0 Å². The van der Waals surface area contributed by atoms with Gasteiger partial charge in [0.2, 0.25) is 5.91 Å². The molecule has 2 aromatic carbocycles. The minimum Gasteiger partial charge on any atom is -0.355 e. The van der Waals surface area contributed by atoms with E-state index < -0.39 is 0 Å². The number of carbonyl (C=O) groups excluding carboxylic acids is 2. The Morgan fingerprint density at radius 3 is 2.70 bits per heavy atom. The number of rotatable bonds is 10. The second-order valence-corrected chi connectivity index (χ2v) is 8.03. The monoisotopic (exact) mass is 424 g/mol. The third-order valence-corrected chi connectivity index (χ3v) is 5.80. The van der Waals surface area contributed by atoms with Gasteiger partial charge in [0.25, 0.3) is 5.91 Å². The lowest BCUT2D eigenvalue weighted by atomic mass is 10.2. The van der Waals surface area contributed by atoms with Crippen LogP contribution in [-0.2, 0) is 11.3 Å². The fraction of sp³-hybridized carbons (Fsp3) is 0.348. The van der Waals surface area contributed by atoms with Crippen molar-refractivity contribution in [3.8, 4) is 0 Å². The number of benzene rings is 2. The van der Waals surface area contributed by atoms with Gasteiger partial charge in [-0.2, -0.15) is 0 Å². The zero-order valence-electron chi connectivity index (χ0n) is 17.5. The lowest BCUT2D eigenvalue weighted by molar-refractivity contribution is -0.113. The average molecular weight is 425 g/mol. The molecule has 0 aliphatic rings. The number of para-hydroxylation sites is 2. The molecule has 0 aliphatic carbocycles. The first-order valence-corrected chi connectivity index (χ1v) is 11.3. The number of nitrogens with one attached hydrogen (secondary N) is 2. The summed E-state index contributed by atoms with van der Waals surface area (Å²) >= 11 is 1.44. The van der Waals surface area contributed by atoms with E-state index in [2.05, 4.69) is 28.2 Å². The molecule has 158 valence electrons. The first-order valence-electron chi connectivity index (χ1n) is 10.3. The molecule has 0 unspecified atom stereocenters. The molecule has 0 aliphatic heterocycles. The Hall–Kier alpha value is -2.80. The highest BCUT2D eigenvalue weighted by Crippen LogP contribution is 2.25. The van der Waals surface area contributed by atoms with Crippen LogP contribution in [-0.4, -0.2) is 34.2 Å². The molecular weight excluding hydrogens is 396 g/mol. The second kappa shape index (κ2) is 10.8. The van der Waals surface area contributed by atoms with E-state index in [1.54, 1.807) is 31.3 Å². The Kier molecular flexibility index (Phi) is 7.90. The number of anilines is 1. The summed E-state index contributed by atoms with van der Waals surface area (Å²) in [6, 6.07) is 15.0. The number of unbranched alkanes of at least 4 members (excludes halogenated alkanes) is 3. The van der Waals surface area contributed by atoms with Crippen molar-refractivity contribution in [1.82, 2.24) is 14.9 Å². The standard InChI is InChI=1S/C23H28N4O2S/c1-3-4-5-8-14-27-20-13-7-6-12-19(20)26-23(27)30-16-21(28)25-18-11-9-10-17(15-18)22(29)24-2/h6-7,9-13,15H,3-5,8,14,16H2,1-2H3,(H,24,29)(H,25,28). The van der Waals surface area contributed by atoms with E-state index in [0.29, 0.717) is 11.3 Å². The summed E-state index contributed by atoms with van der Waals surface area (Å²) in [5.74, 6) is -0.0569. The topological polar surface area (TPSA) is 76.0 Å². The number of thioether (sulfide) groups is 1. The van der Waals surface area contributed by atoms with Crippen LogP contribution in [0.4, 0.5) is 5.69 Å². The van der Waals surface area contributed by atoms with Gasteiger partial charge in [0.1, 0.15) is 0 Å². The van der Waals surface area contributed by atoms with Crippen molar-refractivity contribution in [2.45, 2.75) is 44.3 Å². The first-order chi connectivity index (χ1) is 14.6. The summed E-state index contributed by atoms with van der Waals surface area (Å²) in [4.78, 5) is 29.0. The van der Waals surface area contributed by atoms with E-state index in [1.165, 1.54) is 31.0 Å². The molecule has 0 bridgehead atoms. The molecule has 0 fully saturated rings. The van der Waals surface area contributed by atoms with Gasteiger partial charge in [-0.05, 0) is 36.8 Å². The fourth-order valence-electron chi connectivity index (χ4n) is 3.29. The lowest BCUT2D eigenvalue weighted by Gasteiger charge is -2.09. The van der Waals surface area contributed by atoms with Crippen molar-refractivity contribution >= 4 is 40.3 Å². The normalized spacial score (nSPS) is 10.9. The number of imidazole rings is 1. The van der Waals surface area contributed by atoms with Crippen LogP contribution in [0.15, 0.2) is 53.7 Å². The van der Waals surface area contributed by atoms with Crippen LogP contribution >= 0.6 is 11.8 Å². The summed E-state index contributed by atoms with van der Waals surface area (Å²) in [5, 5.41) is 6.32. The minimum absolute atomic E-state index is 0.126. The van der Waals surface area contributed by atoms with Crippen LogP contribution in [0.25, 0.3) is 11.0 Å². The van der Waals surface area contributed by atoms with Gasteiger partial charge in [0.15, 0.2) is 5.16 Å². The quantitative estimate of drug-likeness (QED) is 0.365. The Balaban J connectivity index is 1.66. The molecule has 1 aromatic heterocycles. The number of fused-ring (bicyclic) bond motifs is 1. The SMILES string of the molecule is CCCCCCn1c(SCC(=O)Nc2cccc(C(=O)NC)c2)nc2ccccc21. The molecule has 7 heteroatoms. The van der Waals surface area contributed by atoms with Crippen molar-refractivity contribution in [2.24, 2.45) is 0 Å². The number of hydrogen-bond donors (Lipinski definition) is 2. The molecule has 0 spiro atoms. The predicted octanol–water partition coefficient (Wildman–Crippen LogP) is 4.71. The van der Waals surface area contributed by atoms with Gasteiger partial charge in [0, 0.05) is 24.8 Å². The maximum Gasteiger partial charge on any atom is 0.251 e. The number of carbonyl (C=O) groups is 2. The van der Waals surface area contributed by atoms with Gasteiger partial charge in [-0.3, -0.25) is 9.59 Å². The molecule has 0 saturated heterocycles. The van der Waals surface area contributed by atoms with E-state index in [4.69, 9.17) is 4.98 Å². The molecule has 6 nitrogen and oxygen atoms in total. The molecule has 0 atom stereocenters. The number of aryl methyl sites for hydroxylation is 1. The van der Waals surface area contributed by atoms with Crippen molar-refractivity contribution in [2.75, 3.05) is 18.1 Å². The highest BCUT2D eigenvalue weighted by Gasteiger charge is 2.13. The largest absolute Gasteiger partial charge is 0.355 e. The van der Waals surface area contributed by atoms with Gasteiger partial charge in [0.05, 0.1) is 16.8 Å². The predicted molar refractivity (Wildman–Crippen MR) is 123 cm³/mol. The van der Waals surface area contributed by atoms with Gasteiger partial charge in [-0.15, -0.1) is 0 Å². The number of amides is 2. The highest BCUT2D eigenvalue weighted by atomic mass is 32.2. The van der Waals surface area contributed by atoms with Crippen LogP contribution < -0.4 is 10.6 Å². The number of aromatic nitrogens is 2. The smallest absolute Gasteiger partial charge is 0.251 e. The van der Waals surface area contributed by atoms with Crippen molar-refractivity contribution in [1.29, 1.82) is 0 Å². The third kappa shape index (κ3) is 5.63. The molecule has 2 N–H and O–H groups in total. The number of nitrogens with zero attached hydrogens (tertiary/aromatic N) is 2. The van der Waals surface area contributed by atoms with E-state index in [-0.39, 0.29) is 17.6 Å². The van der Waals surface area contributed by atoms with Crippen molar-refractivity contribution in [3.05, 3.63) is 54.1 Å². The van der Waals surface area contributed by atoms with E-state index in [9.17, 15) is 9.59 Å². The van der Waals surface area contributed by atoms with E-state index in [1.807, 2.05) is 18.2 Å². The summed E-state index contributed by atoms with van der Waals surface area (Å²) in [6.45, 7) is 3.11. The maximum atomic E-state index is 12.5. The second-order valence-electron chi connectivity index (χ2n) is 7.09. The molecule has 0 radical (unpaired) electrons. The summed E-state index contributed by atoms with van der Waals surface area (Å²) in [6.07, 6.45) is 4.72. The lowest BCUT2D eigenvalue weighted by Crippen LogP contribution is -2.19. The molecule has 2 amide bonds. The van der Waals surface area contributed by atoms with E-state index in [0.717, 1.165) is 29.2 Å². The summed E-state index contributed by atoms with van der Waals surface area (Å²) in [5.41, 5.74) is 3.18. The van der Waals surface area contributed by atoms with Gasteiger partial charge >= 0.3 is 0 Å². The Bertz CT molecular complexity index is 1020. The van der Waals surface area contributed by atoms with Gasteiger partial charge < -0.3 is 15.2 Å². The van der Waals surface area contributed by atoms with Crippen molar-refractivity contribution in [3.63, 3.8) is 0 Å². The minimum atomic E-state index is -0.183. The maximum absolute atomic E-state index is 12.5. The summed E-state index contributed by atoms with van der Waals surface area (Å²) in [7, 11) is 1.58. The summed E-state index contributed by atoms with van der Waals surface area (Å²) < 4.78 is 2.22. The Morgan fingerprint density at radius 1 is 1.07 bits per heavy atom. The average Bonchev–Trinajstić information content (AvgIpc) is 3.12. The molecule has 3 aromatic rings.